The molecule has 1 aromatic carbocycles. The lowest BCUT2D eigenvalue weighted by molar-refractivity contribution is -0.122. The molecule has 1 aliphatic rings. The van der Waals surface area contributed by atoms with Crippen LogP contribution >= 0.6 is 15.9 Å². The predicted molar refractivity (Wildman–Crippen MR) is 85.5 cm³/mol. The van der Waals surface area contributed by atoms with Crippen molar-refractivity contribution in [2.45, 2.75) is 44.6 Å². The van der Waals surface area contributed by atoms with E-state index < -0.39 is 0 Å². The van der Waals surface area contributed by atoms with Crippen molar-refractivity contribution in [1.29, 1.82) is 0 Å². The van der Waals surface area contributed by atoms with Gasteiger partial charge in [0.25, 0.3) is 0 Å². The highest BCUT2D eigenvalue weighted by atomic mass is 79.9. The van der Waals surface area contributed by atoms with Crippen molar-refractivity contribution in [2.24, 2.45) is 11.7 Å². The molecule has 3 atom stereocenters. The van der Waals surface area contributed by atoms with E-state index in [0.717, 1.165) is 17.3 Å². The highest BCUT2D eigenvalue weighted by molar-refractivity contribution is 9.10. The molecule has 3 N–H and O–H groups in total. The van der Waals surface area contributed by atoms with Crippen LogP contribution in [-0.4, -0.2) is 18.5 Å². The highest BCUT2D eigenvalue weighted by Crippen LogP contribution is 2.26. The van der Waals surface area contributed by atoms with Gasteiger partial charge in [0.05, 0.1) is 0 Å². The van der Waals surface area contributed by atoms with Gasteiger partial charge in [0, 0.05) is 16.9 Å². The Bertz CT molecular complexity index is 446. The fourth-order valence-electron chi connectivity index (χ4n) is 2.96. The van der Waals surface area contributed by atoms with Gasteiger partial charge in [-0.15, -0.1) is 0 Å². The second-order valence-corrected chi connectivity index (χ2v) is 6.67. The van der Waals surface area contributed by atoms with E-state index in [1.807, 2.05) is 12.1 Å². The first kappa shape index (κ1) is 15.5. The molecule has 0 spiro atoms. The van der Waals surface area contributed by atoms with Crippen LogP contribution in [-0.2, 0) is 4.79 Å². The minimum absolute atomic E-state index is 0.144. The van der Waals surface area contributed by atoms with Crippen LogP contribution in [0, 0.1) is 5.92 Å². The molecular weight excluding hydrogens is 316 g/mol. The minimum Gasteiger partial charge on any atom is -0.353 e. The van der Waals surface area contributed by atoms with Gasteiger partial charge in [-0.3, -0.25) is 4.79 Å². The lowest BCUT2D eigenvalue weighted by Crippen LogP contribution is -2.40. The van der Waals surface area contributed by atoms with E-state index in [9.17, 15) is 4.79 Å². The third-order valence-corrected chi connectivity index (χ3v) is 4.77. The highest BCUT2D eigenvalue weighted by Gasteiger charge is 2.27. The Balaban J connectivity index is 1.86. The summed E-state index contributed by atoms with van der Waals surface area (Å²) in [7, 11) is 0. The first-order valence-electron chi connectivity index (χ1n) is 7.35. The number of nitrogens with two attached hydrogens (primary N) is 1. The zero-order valence-electron chi connectivity index (χ0n) is 11.9. The molecule has 3 nitrogen and oxygen atoms in total. The molecule has 0 saturated heterocycles. The van der Waals surface area contributed by atoms with Gasteiger partial charge in [0.2, 0.25) is 5.91 Å². The van der Waals surface area contributed by atoms with Crippen molar-refractivity contribution in [2.75, 3.05) is 6.54 Å². The lowest BCUT2D eigenvalue weighted by atomic mass is 9.97. The van der Waals surface area contributed by atoms with E-state index >= 15 is 0 Å². The van der Waals surface area contributed by atoms with Crippen molar-refractivity contribution in [3.63, 3.8) is 0 Å². The summed E-state index contributed by atoms with van der Waals surface area (Å²) in [6.07, 6.45) is 3.93. The lowest BCUT2D eigenvalue weighted by Gasteiger charge is -2.20. The van der Waals surface area contributed by atoms with Crippen LogP contribution in [0.3, 0.4) is 0 Å². The van der Waals surface area contributed by atoms with E-state index in [1.165, 1.54) is 12.0 Å². The third-order valence-electron chi connectivity index (χ3n) is 4.24. The molecule has 0 aromatic heterocycles. The molecular formula is C16H23BrN2O. The molecule has 1 fully saturated rings. The average molecular weight is 339 g/mol. The quantitative estimate of drug-likeness (QED) is 0.866. The molecule has 4 heteroatoms. The Hall–Kier alpha value is -0.870. The summed E-state index contributed by atoms with van der Waals surface area (Å²) in [5.74, 6) is 0.841. The third kappa shape index (κ3) is 4.06. The number of halogens is 1. The molecule has 110 valence electrons. The van der Waals surface area contributed by atoms with Crippen LogP contribution in [0.15, 0.2) is 28.7 Å². The Labute approximate surface area is 129 Å². The zero-order chi connectivity index (χ0) is 14.5. The van der Waals surface area contributed by atoms with Crippen molar-refractivity contribution < 1.29 is 4.79 Å². The fourth-order valence-corrected chi connectivity index (χ4v) is 3.23. The summed E-state index contributed by atoms with van der Waals surface area (Å²) in [5.41, 5.74) is 6.95. The largest absolute Gasteiger partial charge is 0.353 e. The number of carbonyl (C=O) groups is 1. The summed E-state index contributed by atoms with van der Waals surface area (Å²) in [4.78, 5) is 12.1. The Morgan fingerprint density at radius 2 is 2.10 bits per heavy atom. The van der Waals surface area contributed by atoms with Crippen LogP contribution in [0.1, 0.15) is 44.1 Å². The van der Waals surface area contributed by atoms with Crippen molar-refractivity contribution in [3.8, 4) is 0 Å². The predicted octanol–water partition coefficient (Wildman–Crippen LogP) is 3.19. The standard InChI is InChI=1S/C16H23BrN2O/c1-11(12-5-7-14(17)8-6-12)9-16(20)19-15-4-2-3-13(15)10-18/h5-8,11,13,15H,2-4,9-10,18H2,1H3,(H,19,20). The maximum Gasteiger partial charge on any atom is 0.220 e. The number of amides is 1. The maximum atomic E-state index is 12.1. The van der Waals surface area contributed by atoms with Crippen LogP contribution < -0.4 is 11.1 Å². The molecule has 0 bridgehead atoms. The van der Waals surface area contributed by atoms with Crippen LogP contribution in [0.4, 0.5) is 0 Å². The average Bonchev–Trinajstić information content (AvgIpc) is 2.86. The summed E-state index contributed by atoms with van der Waals surface area (Å²) in [6.45, 7) is 2.77. The van der Waals surface area contributed by atoms with E-state index in [4.69, 9.17) is 5.73 Å². The summed E-state index contributed by atoms with van der Waals surface area (Å²) < 4.78 is 1.06. The fraction of sp³-hybridized carbons (Fsp3) is 0.562. The molecule has 2 rings (SSSR count). The molecule has 0 radical (unpaired) electrons. The second-order valence-electron chi connectivity index (χ2n) is 5.76. The first-order chi connectivity index (χ1) is 9.60. The van der Waals surface area contributed by atoms with Crippen LogP contribution in [0.5, 0.6) is 0 Å². The molecule has 1 aliphatic carbocycles. The molecule has 20 heavy (non-hydrogen) atoms. The smallest absolute Gasteiger partial charge is 0.220 e. The summed E-state index contributed by atoms with van der Waals surface area (Å²) in [5, 5.41) is 3.16. The zero-order valence-corrected chi connectivity index (χ0v) is 13.5. The molecule has 1 amide bonds. The Morgan fingerprint density at radius 1 is 1.40 bits per heavy atom. The van der Waals surface area contributed by atoms with Gasteiger partial charge in [-0.05, 0) is 48.9 Å². The first-order valence-corrected chi connectivity index (χ1v) is 8.14. The maximum absolute atomic E-state index is 12.1. The molecule has 1 aromatic rings. The van der Waals surface area contributed by atoms with E-state index in [0.29, 0.717) is 18.9 Å². The Morgan fingerprint density at radius 3 is 2.75 bits per heavy atom. The second kappa shape index (κ2) is 7.23. The monoisotopic (exact) mass is 338 g/mol. The SMILES string of the molecule is CC(CC(=O)NC1CCCC1CN)c1ccc(Br)cc1. The van der Waals surface area contributed by atoms with Crippen molar-refractivity contribution in [1.82, 2.24) is 5.32 Å². The van der Waals surface area contributed by atoms with Gasteiger partial charge >= 0.3 is 0 Å². The number of hydrogen-bond acceptors (Lipinski definition) is 2. The number of hydrogen-bond donors (Lipinski definition) is 2. The van der Waals surface area contributed by atoms with Gasteiger partial charge in [-0.25, -0.2) is 0 Å². The Kier molecular flexibility index (Phi) is 5.61. The van der Waals surface area contributed by atoms with E-state index in [1.54, 1.807) is 0 Å². The van der Waals surface area contributed by atoms with Gasteiger partial charge in [-0.1, -0.05) is 41.4 Å². The van der Waals surface area contributed by atoms with Gasteiger partial charge in [0.1, 0.15) is 0 Å². The molecule has 1 saturated carbocycles. The number of carbonyl (C=O) groups excluding carboxylic acids is 1. The minimum atomic E-state index is 0.144. The van der Waals surface area contributed by atoms with Gasteiger partial charge in [-0.2, -0.15) is 0 Å². The number of nitrogens with one attached hydrogen (secondary N) is 1. The van der Waals surface area contributed by atoms with Crippen molar-refractivity contribution >= 4 is 21.8 Å². The summed E-state index contributed by atoms with van der Waals surface area (Å²) >= 11 is 3.43. The van der Waals surface area contributed by atoms with Crippen molar-refractivity contribution in [3.05, 3.63) is 34.3 Å². The van der Waals surface area contributed by atoms with E-state index in [2.05, 4.69) is 40.3 Å². The number of benzene rings is 1. The summed E-state index contributed by atoms with van der Waals surface area (Å²) in [6, 6.07) is 8.46. The molecule has 0 heterocycles. The topological polar surface area (TPSA) is 55.1 Å². The van der Waals surface area contributed by atoms with Crippen LogP contribution in [0.2, 0.25) is 0 Å². The van der Waals surface area contributed by atoms with E-state index in [-0.39, 0.29) is 17.9 Å². The molecule has 0 aliphatic heterocycles. The molecule has 3 unspecified atom stereocenters. The number of rotatable bonds is 5. The van der Waals surface area contributed by atoms with Crippen LogP contribution in [0.25, 0.3) is 0 Å². The normalized spacial score (nSPS) is 23.6. The van der Waals surface area contributed by atoms with Gasteiger partial charge < -0.3 is 11.1 Å². The van der Waals surface area contributed by atoms with Gasteiger partial charge in [0.15, 0.2) is 0 Å².